The second kappa shape index (κ2) is 9.73. The van der Waals surface area contributed by atoms with Crippen LogP contribution in [0, 0.1) is 0 Å². The van der Waals surface area contributed by atoms with E-state index in [1.165, 1.54) is 32.4 Å². The molecule has 0 atom stereocenters. The van der Waals surface area contributed by atoms with Gasteiger partial charge in [-0.2, -0.15) is 0 Å². The van der Waals surface area contributed by atoms with Gasteiger partial charge >= 0.3 is 0 Å². The molecule has 108 valence electrons. The zero-order valence-corrected chi connectivity index (χ0v) is 12.5. The molecule has 0 radical (unpaired) electrons. The van der Waals surface area contributed by atoms with Gasteiger partial charge < -0.3 is 19.9 Å². The second-order valence-corrected chi connectivity index (χ2v) is 5.63. The Hall–Kier alpha value is -0.160. The molecule has 1 fully saturated rings. The Labute approximate surface area is 113 Å². The van der Waals surface area contributed by atoms with Crippen molar-refractivity contribution in [1.82, 2.24) is 15.1 Å². The Bertz CT molecular complexity index is 193. The van der Waals surface area contributed by atoms with Gasteiger partial charge in [0.25, 0.3) is 0 Å². The quantitative estimate of drug-likeness (QED) is 0.624. The molecule has 0 saturated carbocycles. The molecule has 1 aliphatic heterocycles. The van der Waals surface area contributed by atoms with Gasteiger partial charge in [-0.3, -0.25) is 0 Å². The first-order chi connectivity index (χ1) is 8.68. The average molecular weight is 257 g/mol. The monoisotopic (exact) mass is 257 g/mol. The third-order valence-electron chi connectivity index (χ3n) is 3.47. The molecule has 0 spiro atoms. The van der Waals surface area contributed by atoms with Gasteiger partial charge in [0.05, 0.1) is 6.10 Å². The van der Waals surface area contributed by atoms with E-state index in [4.69, 9.17) is 4.74 Å². The minimum atomic E-state index is 0.505. The van der Waals surface area contributed by atoms with Crippen LogP contribution in [0.2, 0.25) is 0 Å². The molecule has 0 bridgehead atoms. The maximum Gasteiger partial charge on any atom is 0.0599 e. The number of hydrogen-bond donors (Lipinski definition) is 1. The fourth-order valence-corrected chi connectivity index (χ4v) is 2.32. The standard InChI is InChI=1S/C14H31N3O/c1-16(2)10-4-11-17(3)12-5-13-18-14-6-8-15-9-7-14/h14-15H,4-13H2,1-3H3. The van der Waals surface area contributed by atoms with Crippen molar-refractivity contribution in [3.63, 3.8) is 0 Å². The summed E-state index contributed by atoms with van der Waals surface area (Å²) in [6.07, 6.45) is 5.27. The van der Waals surface area contributed by atoms with Crippen molar-refractivity contribution in [2.75, 3.05) is 60.5 Å². The Morgan fingerprint density at radius 3 is 2.33 bits per heavy atom. The summed E-state index contributed by atoms with van der Waals surface area (Å²) in [5.41, 5.74) is 0. The van der Waals surface area contributed by atoms with Crippen LogP contribution < -0.4 is 5.32 Å². The predicted octanol–water partition coefficient (Wildman–Crippen LogP) is 1.03. The molecule has 0 amide bonds. The molecule has 1 aliphatic rings. The number of piperidine rings is 1. The number of nitrogens with one attached hydrogen (secondary N) is 1. The molecule has 0 aliphatic carbocycles. The normalized spacial score (nSPS) is 17.8. The minimum Gasteiger partial charge on any atom is -0.378 e. The van der Waals surface area contributed by atoms with Crippen LogP contribution >= 0.6 is 0 Å². The van der Waals surface area contributed by atoms with Crippen molar-refractivity contribution in [3.8, 4) is 0 Å². The lowest BCUT2D eigenvalue weighted by molar-refractivity contribution is 0.0286. The van der Waals surface area contributed by atoms with Gasteiger partial charge in [0.15, 0.2) is 0 Å². The van der Waals surface area contributed by atoms with Gasteiger partial charge in [-0.15, -0.1) is 0 Å². The Kier molecular flexibility index (Phi) is 8.59. The van der Waals surface area contributed by atoms with Gasteiger partial charge in [-0.25, -0.2) is 0 Å². The van der Waals surface area contributed by atoms with E-state index in [9.17, 15) is 0 Å². The van der Waals surface area contributed by atoms with Crippen LogP contribution in [-0.4, -0.2) is 76.4 Å². The van der Waals surface area contributed by atoms with Crippen LogP contribution in [-0.2, 0) is 4.74 Å². The number of rotatable bonds is 9. The molecule has 18 heavy (non-hydrogen) atoms. The highest BCUT2D eigenvalue weighted by Crippen LogP contribution is 2.07. The first-order valence-corrected chi connectivity index (χ1v) is 7.34. The predicted molar refractivity (Wildman–Crippen MR) is 77.1 cm³/mol. The van der Waals surface area contributed by atoms with Gasteiger partial charge in [-0.1, -0.05) is 0 Å². The molecule has 0 unspecified atom stereocenters. The van der Waals surface area contributed by atoms with Crippen LogP contribution in [0.1, 0.15) is 25.7 Å². The van der Waals surface area contributed by atoms with Crippen LogP contribution in [0.25, 0.3) is 0 Å². The van der Waals surface area contributed by atoms with E-state index in [1.807, 2.05) is 0 Å². The molecular weight excluding hydrogens is 226 g/mol. The van der Waals surface area contributed by atoms with Gasteiger partial charge in [0, 0.05) is 13.2 Å². The maximum atomic E-state index is 5.90. The van der Waals surface area contributed by atoms with Gasteiger partial charge in [-0.05, 0) is 73.0 Å². The van der Waals surface area contributed by atoms with Crippen LogP contribution in [0.15, 0.2) is 0 Å². The van der Waals surface area contributed by atoms with Crippen LogP contribution in [0.5, 0.6) is 0 Å². The Morgan fingerprint density at radius 1 is 1.00 bits per heavy atom. The van der Waals surface area contributed by atoms with E-state index in [2.05, 4.69) is 36.3 Å². The molecule has 4 nitrogen and oxygen atoms in total. The zero-order chi connectivity index (χ0) is 13.2. The molecule has 0 aromatic carbocycles. The van der Waals surface area contributed by atoms with E-state index >= 15 is 0 Å². The first-order valence-electron chi connectivity index (χ1n) is 7.34. The van der Waals surface area contributed by atoms with E-state index in [0.717, 1.165) is 32.7 Å². The van der Waals surface area contributed by atoms with E-state index in [0.29, 0.717) is 6.10 Å². The summed E-state index contributed by atoms with van der Waals surface area (Å²) in [6.45, 7) is 6.67. The number of ether oxygens (including phenoxy) is 1. The highest BCUT2D eigenvalue weighted by molar-refractivity contribution is 4.68. The van der Waals surface area contributed by atoms with Crippen molar-refractivity contribution in [2.24, 2.45) is 0 Å². The number of nitrogens with zero attached hydrogens (tertiary/aromatic N) is 2. The lowest BCUT2D eigenvalue weighted by atomic mass is 10.1. The molecule has 1 N–H and O–H groups in total. The lowest BCUT2D eigenvalue weighted by Gasteiger charge is -2.23. The molecule has 1 rings (SSSR count). The third-order valence-corrected chi connectivity index (χ3v) is 3.47. The molecular formula is C14H31N3O. The summed E-state index contributed by atoms with van der Waals surface area (Å²) in [5, 5.41) is 3.36. The molecule has 0 aromatic heterocycles. The molecule has 4 heteroatoms. The number of hydrogen-bond acceptors (Lipinski definition) is 4. The minimum absolute atomic E-state index is 0.505. The zero-order valence-electron chi connectivity index (χ0n) is 12.5. The van der Waals surface area contributed by atoms with Crippen LogP contribution in [0.3, 0.4) is 0 Å². The fourth-order valence-electron chi connectivity index (χ4n) is 2.32. The summed E-state index contributed by atoms with van der Waals surface area (Å²) in [7, 11) is 6.47. The second-order valence-electron chi connectivity index (χ2n) is 5.63. The summed E-state index contributed by atoms with van der Waals surface area (Å²) in [6, 6.07) is 0. The van der Waals surface area contributed by atoms with Crippen molar-refractivity contribution < 1.29 is 4.74 Å². The smallest absolute Gasteiger partial charge is 0.0599 e. The topological polar surface area (TPSA) is 27.7 Å². The summed E-state index contributed by atoms with van der Waals surface area (Å²) < 4.78 is 5.90. The van der Waals surface area contributed by atoms with E-state index in [-0.39, 0.29) is 0 Å². The van der Waals surface area contributed by atoms with Crippen molar-refractivity contribution in [1.29, 1.82) is 0 Å². The summed E-state index contributed by atoms with van der Waals surface area (Å²) in [5.74, 6) is 0. The third kappa shape index (κ3) is 8.03. The van der Waals surface area contributed by atoms with E-state index in [1.54, 1.807) is 0 Å². The van der Waals surface area contributed by atoms with Crippen molar-refractivity contribution in [2.45, 2.75) is 31.8 Å². The molecule has 0 aromatic rings. The van der Waals surface area contributed by atoms with Gasteiger partial charge in [0.1, 0.15) is 0 Å². The molecule has 1 heterocycles. The van der Waals surface area contributed by atoms with E-state index < -0.39 is 0 Å². The van der Waals surface area contributed by atoms with Gasteiger partial charge in [0.2, 0.25) is 0 Å². The van der Waals surface area contributed by atoms with Crippen molar-refractivity contribution >= 4 is 0 Å². The average Bonchev–Trinajstić information content (AvgIpc) is 2.35. The highest BCUT2D eigenvalue weighted by atomic mass is 16.5. The Balaban J connectivity index is 1.89. The SMILES string of the molecule is CN(C)CCCN(C)CCCOC1CCNCC1. The lowest BCUT2D eigenvalue weighted by Crippen LogP contribution is -2.33. The fraction of sp³-hybridized carbons (Fsp3) is 1.00. The first kappa shape index (κ1) is 15.9. The summed E-state index contributed by atoms with van der Waals surface area (Å²) in [4.78, 5) is 4.66. The highest BCUT2D eigenvalue weighted by Gasteiger charge is 2.12. The Morgan fingerprint density at radius 2 is 1.67 bits per heavy atom. The summed E-state index contributed by atoms with van der Waals surface area (Å²) >= 11 is 0. The largest absolute Gasteiger partial charge is 0.378 e. The van der Waals surface area contributed by atoms with Crippen LogP contribution in [0.4, 0.5) is 0 Å². The molecule has 1 saturated heterocycles. The van der Waals surface area contributed by atoms with Crippen molar-refractivity contribution in [3.05, 3.63) is 0 Å². The maximum absolute atomic E-state index is 5.90.